The fraction of sp³-hybridized carbons (Fsp3) is 0.516. The van der Waals surface area contributed by atoms with E-state index in [4.69, 9.17) is 14.6 Å². The Morgan fingerprint density at radius 1 is 1.17 bits per heavy atom. The Balaban J connectivity index is 1.22. The summed E-state index contributed by atoms with van der Waals surface area (Å²) in [6.45, 7) is 9.00. The maximum Gasteiger partial charge on any atom is 0.407 e. The number of hydrogen-bond donors (Lipinski definition) is 1. The molecule has 1 N–H and O–H groups in total. The molecule has 0 radical (unpaired) electrons. The monoisotopic (exact) mass is 571 g/mol. The van der Waals surface area contributed by atoms with Crippen molar-refractivity contribution in [1.82, 2.24) is 34.4 Å². The highest BCUT2D eigenvalue weighted by Gasteiger charge is 2.50. The molecule has 7 rings (SSSR count). The molecular weight excluding hydrogens is 534 g/mol. The van der Waals surface area contributed by atoms with E-state index in [0.717, 1.165) is 52.9 Å². The normalized spacial score (nSPS) is 21.8. The van der Waals surface area contributed by atoms with Crippen molar-refractivity contribution in [3.05, 3.63) is 41.9 Å². The Morgan fingerprint density at radius 3 is 2.71 bits per heavy atom. The van der Waals surface area contributed by atoms with E-state index in [1.807, 2.05) is 44.9 Å². The number of piperidine rings is 1. The van der Waals surface area contributed by atoms with Gasteiger partial charge in [0.25, 0.3) is 5.91 Å². The summed E-state index contributed by atoms with van der Waals surface area (Å²) >= 11 is 0. The van der Waals surface area contributed by atoms with Crippen LogP contribution < -0.4 is 10.1 Å². The molecule has 220 valence electrons. The van der Waals surface area contributed by atoms with Crippen LogP contribution in [0, 0.1) is 18.8 Å². The van der Waals surface area contributed by atoms with Gasteiger partial charge < -0.3 is 24.3 Å². The highest BCUT2D eigenvalue weighted by molar-refractivity contribution is 5.94. The number of alkyl carbamates (subject to hydrolysis) is 1. The first kappa shape index (κ1) is 26.7. The molecule has 0 spiro atoms. The first-order chi connectivity index (χ1) is 20.1. The summed E-state index contributed by atoms with van der Waals surface area (Å²) in [5, 5.41) is 9.08. The van der Waals surface area contributed by atoms with Gasteiger partial charge in [-0.15, -0.1) is 0 Å². The van der Waals surface area contributed by atoms with Gasteiger partial charge in [-0.1, -0.05) is 0 Å². The molecule has 4 aromatic rings. The third-order valence-electron chi connectivity index (χ3n) is 8.80. The molecule has 0 aromatic carbocycles. The van der Waals surface area contributed by atoms with Crippen LogP contribution in [-0.2, 0) is 11.3 Å². The van der Waals surface area contributed by atoms with Gasteiger partial charge in [0.2, 0.25) is 5.88 Å². The predicted octanol–water partition coefficient (Wildman–Crippen LogP) is 4.60. The molecule has 3 aliphatic rings. The van der Waals surface area contributed by atoms with E-state index in [0.29, 0.717) is 18.3 Å². The van der Waals surface area contributed by atoms with Crippen molar-refractivity contribution in [3.8, 4) is 17.3 Å². The summed E-state index contributed by atoms with van der Waals surface area (Å²) in [6, 6.07) is 5.92. The number of likely N-dealkylation sites (tertiary alicyclic amines) is 1. The van der Waals surface area contributed by atoms with Gasteiger partial charge in [0.1, 0.15) is 22.5 Å². The standard InChI is InChI=1S/C31H37N7O4/c1-17-24(23-13-19-7-6-12-32-27(19)36(23)14-18-8-9-18)35-38-16-21(33-28(41-5)26(17)38)29(39)37-15-20-10-11-22(37)25(20)34-30(40)42-31(2,3)4/h6-7,12-13,16,18,20,22,25H,8-11,14-15H2,1-5H3,(H,34,40)/t20?,22?,25-/m1/s1. The minimum Gasteiger partial charge on any atom is -0.479 e. The Labute approximate surface area is 244 Å². The average molecular weight is 572 g/mol. The lowest BCUT2D eigenvalue weighted by molar-refractivity contribution is 0.0484. The molecule has 2 amide bonds. The summed E-state index contributed by atoms with van der Waals surface area (Å²) in [7, 11) is 1.56. The maximum atomic E-state index is 13.9. The first-order valence-electron chi connectivity index (χ1n) is 14.8. The maximum absolute atomic E-state index is 13.9. The summed E-state index contributed by atoms with van der Waals surface area (Å²) in [5.74, 6) is 0.995. The van der Waals surface area contributed by atoms with Crippen molar-refractivity contribution >= 4 is 28.6 Å². The van der Waals surface area contributed by atoms with Crippen LogP contribution in [-0.4, -0.2) is 72.4 Å². The highest BCUT2D eigenvalue weighted by atomic mass is 16.6. The zero-order valence-electron chi connectivity index (χ0n) is 24.8. The number of ether oxygens (including phenoxy) is 2. The minimum absolute atomic E-state index is 0.112. The van der Waals surface area contributed by atoms with E-state index < -0.39 is 11.7 Å². The van der Waals surface area contributed by atoms with Crippen molar-refractivity contribution < 1.29 is 19.1 Å². The molecule has 3 atom stereocenters. The average Bonchev–Trinajstić information content (AvgIpc) is 3.29. The molecule has 2 unspecified atom stereocenters. The Kier molecular flexibility index (Phi) is 6.18. The van der Waals surface area contributed by atoms with Crippen molar-refractivity contribution in [3.63, 3.8) is 0 Å². The molecule has 3 fully saturated rings. The van der Waals surface area contributed by atoms with Gasteiger partial charge in [-0.25, -0.2) is 19.3 Å². The van der Waals surface area contributed by atoms with E-state index >= 15 is 0 Å². The number of hydrogen-bond acceptors (Lipinski definition) is 7. The summed E-state index contributed by atoms with van der Waals surface area (Å²) < 4.78 is 15.2. The Hall–Kier alpha value is -4.15. The van der Waals surface area contributed by atoms with Gasteiger partial charge in [0.15, 0.2) is 5.69 Å². The second-order valence-corrected chi connectivity index (χ2v) is 12.9. The van der Waals surface area contributed by atoms with Crippen LogP contribution >= 0.6 is 0 Å². The molecule has 2 bridgehead atoms. The molecule has 1 aliphatic heterocycles. The van der Waals surface area contributed by atoms with Crippen LogP contribution in [0.1, 0.15) is 62.5 Å². The molecule has 42 heavy (non-hydrogen) atoms. The largest absolute Gasteiger partial charge is 0.479 e. The fourth-order valence-electron chi connectivity index (χ4n) is 6.73. The lowest BCUT2D eigenvalue weighted by atomic mass is 10.1. The van der Waals surface area contributed by atoms with Gasteiger partial charge in [0, 0.05) is 30.2 Å². The number of rotatable bonds is 6. The zero-order chi connectivity index (χ0) is 29.3. The lowest BCUT2D eigenvalue weighted by Gasteiger charge is -2.28. The zero-order valence-corrected chi connectivity index (χ0v) is 24.8. The molecule has 2 saturated carbocycles. The van der Waals surface area contributed by atoms with E-state index in [2.05, 4.69) is 32.0 Å². The van der Waals surface area contributed by atoms with Crippen LogP contribution in [0.3, 0.4) is 0 Å². The number of carbonyl (C=O) groups is 2. The van der Waals surface area contributed by atoms with Crippen molar-refractivity contribution in [2.75, 3.05) is 13.7 Å². The third-order valence-corrected chi connectivity index (χ3v) is 8.80. The van der Waals surface area contributed by atoms with Crippen molar-refractivity contribution in [2.24, 2.45) is 11.8 Å². The Bertz CT molecular complexity index is 1710. The molecule has 2 aliphatic carbocycles. The SMILES string of the molecule is COc1nc(C(=O)N2CC3CCC2[C@@H]3NC(=O)OC(C)(C)C)cn2nc(-c3cc4cccnc4n3CC3CC3)c(C)c12. The molecule has 11 nitrogen and oxygen atoms in total. The van der Waals surface area contributed by atoms with E-state index in [9.17, 15) is 9.59 Å². The van der Waals surface area contributed by atoms with E-state index in [-0.39, 0.29) is 29.6 Å². The third kappa shape index (κ3) is 4.55. The van der Waals surface area contributed by atoms with Crippen molar-refractivity contribution in [1.29, 1.82) is 0 Å². The summed E-state index contributed by atoms with van der Waals surface area (Å²) in [4.78, 5) is 37.6. The number of pyridine rings is 1. The minimum atomic E-state index is -0.587. The second-order valence-electron chi connectivity index (χ2n) is 12.9. The smallest absolute Gasteiger partial charge is 0.407 e. The number of fused-ring (bicyclic) bond motifs is 4. The topological polar surface area (TPSA) is 116 Å². The van der Waals surface area contributed by atoms with Crippen LogP contribution in [0.2, 0.25) is 0 Å². The fourth-order valence-corrected chi connectivity index (χ4v) is 6.73. The van der Waals surface area contributed by atoms with Gasteiger partial charge in [0.05, 0.1) is 31.1 Å². The number of nitrogens with one attached hydrogen (secondary N) is 1. The second kappa shape index (κ2) is 9.71. The number of aromatic nitrogens is 5. The first-order valence-corrected chi connectivity index (χ1v) is 14.8. The summed E-state index contributed by atoms with van der Waals surface area (Å²) in [6.07, 6.45) is 7.31. The lowest BCUT2D eigenvalue weighted by Crippen LogP contribution is -2.46. The number of aryl methyl sites for hydroxylation is 1. The molecular formula is C31H37N7O4. The summed E-state index contributed by atoms with van der Waals surface area (Å²) in [5.41, 5.74) is 4.11. The van der Waals surface area contributed by atoms with Gasteiger partial charge in [-0.2, -0.15) is 5.10 Å². The van der Waals surface area contributed by atoms with Crippen LogP contribution in [0.15, 0.2) is 30.6 Å². The molecule has 11 heteroatoms. The number of nitrogens with zero attached hydrogens (tertiary/aromatic N) is 6. The van der Waals surface area contributed by atoms with Crippen LogP contribution in [0.25, 0.3) is 27.9 Å². The van der Waals surface area contributed by atoms with E-state index in [1.54, 1.807) is 17.8 Å². The predicted molar refractivity (Wildman–Crippen MR) is 156 cm³/mol. The van der Waals surface area contributed by atoms with Crippen LogP contribution in [0.4, 0.5) is 4.79 Å². The van der Waals surface area contributed by atoms with Gasteiger partial charge >= 0.3 is 6.09 Å². The van der Waals surface area contributed by atoms with Crippen molar-refractivity contribution in [2.45, 2.75) is 77.6 Å². The van der Waals surface area contributed by atoms with Gasteiger partial charge in [-0.3, -0.25) is 4.79 Å². The number of methoxy groups -OCH3 is 1. The van der Waals surface area contributed by atoms with Crippen LogP contribution in [0.5, 0.6) is 5.88 Å². The highest BCUT2D eigenvalue weighted by Crippen LogP contribution is 2.40. The number of carbonyl (C=O) groups excluding carboxylic acids is 2. The van der Waals surface area contributed by atoms with E-state index in [1.165, 1.54) is 12.8 Å². The Morgan fingerprint density at radius 2 is 1.98 bits per heavy atom. The molecule has 5 heterocycles. The number of amides is 2. The molecule has 4 aromatic heterocycles. The quantitative estimate of drug-likeness (QED) is 0.360. The molecule has 1 saturated heterocycles. The van der Waals surface area contributed by atoms with Gasteiger partial charge in [-0.05, 0) is 83.4 Å².